The first-order valence-corrected chi connectivity index (χ1v) is 7.30. The fourth-order valence-electron chi connectivity index (χ4n) is 1.96. The van der Waals surface area contributed by atoms with E-state index in [1.54, 1.807) is 0 Å². The number of aromatic nitrogens is 2. The summed E-state index contributed by atoms with van der Waals surface area (Å²) >= 11 is 0. The van der Waals surface area contributed by atoms with Gasteiger partial charge in [0.2, 0.25) is 0 Å². The van der Waals surface area contributed by atoms with Crippen LogP contribution in [0.25, 0.3) is 0 Å². The Morgan fingerprint density at radius 1 is 1.24 bits per heavy atom. The summed E-state index contributed by atoms with van der Waals surface area (Å²) in [5, 5.41) is 13.6. The van der Waals surface area contributed by atoms with Crippen LogP contribution in [-0.4, -0.2) is 15.2 Å². The van der Waals surface area contributed by atoms with E-state index in [-0.39, 0.29) is 6.61 Å². The minimum absolute atomic E-state index is 0.251. The number of aliphatic hydroxyl groups is 1. The van der Waals surface area contributed by atoms with Gasteiger partial charge in [-0.15, -0.1) is 0 Å². The Labute approximate surface area is 125 Å². The maximum atomic E-state index is 9.73. The van der Waals surface area contributed by atoms with Crippen LogP contribution in [0.15, 0.2) is 28.8 Å². The van der Waals surface area contributed by atoms with E-state index in [0.29, 0.717) is 29.8 Å². The third-order valence-corrected chi connectivity index (χ3v) is 3.11. The first-order valence-electron chi connectivity index (χ1n) is 7.30. The predicted molar refractivity (Wildman–Crippen MR) is 78.9 cm³/mol. The summed E-state index contributed by atoms with van der Waals surface area (Å²) in [6, 6.07) is 7.39. The van der Waals surface area contributed by atoms with Gasteiger partial charge in [-0.1, -0.05) is 38.1 Å². The van der Waals surface area contributed by atoms with Crippen LogP contribution in [0.2, 0.25) is 0 Å². The van der Waals surface area contributed by atoms with Gasteiger partial charge in [-0.3, -0.25) is 0 Å². The van der Waals surface area contributed by atoms with E-state index < -0.39 is 6.10 Å². The van der Waals surface area contributed by atoms with Gasteiger partial charge in [0.25, 0.3) is 5.89 Å². The molecule has 5 heteroatoms. The summed E-state index contributed by atoms with van der Waals surface area (Å²) in [5.74, 6) is 2.40. The molecule has 0 amide bonds. The molecular formula is C16H22N2O3. The molecule has 0 spiro atoms. The SMILES string of the molecule is CCC(O)c1ccc(OCc2nc(CC(C)C)no2)cc1. The van der Waals surface area contributed by atoms with Crippen LogP contribution in [0.1, 0.15) is 50.6 Å². The van der Waals surface area contributed by atoms with E-state index in [1.807, 2.05) is 31.2 Å². The van der Waals surface area contributed by atoms with E-state index in [0.717, 1.165) is 12.0 Å². The summed E-state index contributed by atoms with van der Waals surface area (Å²) in [6.45, 7) is 6.41. The number of benzene rings is 1. The Morgan fingerprint density at radius 3 is 2.57 bits per heavy atom. The molecule has 114 valence electrons. The standard InChI is InChI=1S/C16H22N2O3/c1-4-14(19)12-5-7-13(8-6-12)20-10-16-17-15(18-21-16)9-11(2)3/h5-8,11,14,19H,4,9-10H2,1-3H3. The molecule has 0 aliphatic rings. The van der Waals surface area contributed by atoms with Crippen molar-refractivity contribution in [2.24, 2.45) is 5.92 Å². The first kappa shape index (κ1) is 15.5. The van der Waals surface area contributed by atoms with Crippen molar-refractivity contribution < 1.29 is 14.4 Å². The molecule has 0 saturated heterocycles. The highest BCUT2D eigenvalue weighted by atomic mass is 16.5. The largest absolute Gasteiger partial charge is 0.484 e. The Kier molecular flexibility index (Phi) is 5.33. The second kappa shape index (κ2) is 7.22. The number of hydrogen-bond donors (Lipinski definition) is 1. The van der Waals surface area contributed by atoms with Gasteiger partial charge < -0.3 is 14.4 Å². The van der Waals surface area contributed by atoms with Crippen LogP contribution < -0.4 is 4.74 Å². The summed E-state index contributed by atoms with van der Waals surface area (Å²) in [7, 11) is 0. The zero-order valence-electron chi connectivity index (χ0n) is 12.7. The Bertz CT molecular complexity index is 549. The van der Waals surface area contributed by atoms with Gasteiger partial charge in [-0.25, -0.2) is 0 Å². The molecular weight excluding hydrogens is 268 g/mol. The van der Waals surface area contributed by atoms with Crippen molar-refractivity contribution in [3.63, 3.8) is 0 Å². The molecule has 1 aromatic carbocycles. The molecule has 0 radical (unpaired) electrons. The average Bonchev–Trinajstić information content (AvgIpc) is 2.91. The van der Waals surface area contributed by atoms with E-state index in [2.05, 4.69) is 24.0 Å². The number of ether oxygens (including phenoxy) is 1. The summed E-state index contributed by atoms with van der Waals surface area (Å²) < 4.78 is 10.7. The van der Waals surface area contributed by atoms with Crippen molar-refractivity contribution in [3.05, 3.63) is 41.5 Å². The lowest BCUT2D eigenvalue weighted by molar-refractivity contribution is 0.173. The maximum absolute atomic E-state index is 9.73. The molecule has 5 nitrogen and oxygen atoms in total. The van der Waals surface area contributed by atoms with Crippen LogP contribution in [0.4, 0.5) is 0 Å². The van der Waals surface area contributed by atoms with E-state index in [1.165, 1.54) is 0 Å². The summed E-state index contributed by atoms with van der Waals surface area (Å²) in [4.78, 5) is 4.28. The molecule has 0 fully saturated rings. The smallest absolute Gasteiger partial charge is 0.264 e. The van der Waals surface area contributed by atoms with Crippen LogP contribution in [0.3, 0.4) is 0 Å². The highest BCUT2D eigenvalue weighted by Crippen LogP contribution is 2.20. The van der Waals surface area contributed by atoms with Crippen molar-refractivity contribution in [2.75, 3.05) is 0 Å². The fourth-order valence-corrected chi connectivity index (χ4v) is 1.96. The number of rotatable bonds is 7. The third kappa shape index (κ3) is 4.56. The fraction of sp³-hybridized carbons (Fsp3) is 0.500. The minimum atomic E-state index is -0.423. The molecule has 1 aromatic heterocycles. The maximum Gasteiger partial charge on any atom is 0.264 e. The number of aliphatic hydroxyl groups excluding tert-OH is 1. The molecule has 0 aliphatic heterocycles. The van der Waals surface area contributed by atoms with Gasteiger partial charge in [0.1, 0.15) is 5.75 Å². The summed E-state index contributed by atoms with van der Waals surface area (Å²) in [5.41, 5.74) is 0.891. The van der Waals surface area contributed by atoms with Crippen LogP contribution in [0, 0.1) is 5.92 Å². The van der Waals surface area contributed by atoms with E-state index in [4.69, 9.17) is 9.26 Å². The van der Waals surface area contributed by atoms with Crippen molar-refractivity contribution in [2.45, 2.75) is 46.3 Å². The van der Waals surface area contributed by atoms with Crippen molar-refractivity contribution in [1.82, 2.24) is 10.1 Å². The lowest BCUT2D eigenvalue weighted by Gasteiger charge is -2.09. The topological polar surface area (TPSA) is 68.4 Å². The van der Waals surface area contributed by atoms with Crippen molar-refractivity contribution >= 4 is 0 Å². The van der Waals surface area contributed by atoms with E-state index in [9.17, 15) is 5.11 Å². The van der Waals surface area contributed by atoms with Gasteiger partial charge in [0, 0.05) is 6.42 Å². The lowest BCUT2D eigenvalue weighted by atomic mass is 10.1. The molecule has 1 atom stereocenters. The predicted octanol–water partition coefficient (Wildman–Crippen LogP) is 3.29. The molecule has 1 heterocycles. The molecule has 0 bridgehead atoms. The highest BCUT2D eigenvalue weighted by Gasteiger charge is 2.09. The van der Waals surface area contributed by atoms with Crippen LogP contribution >= 0.6 is 0 Å². The van der Waals surface area contributed by atoms with Gasteiger partial charge in [-0.05, 0) is 30.0 Å². The summed E-state index contributed by atoms with van der Waals surface area (Å²) in [6.07, 6.45) is 1.07. The lowest BCUT2D eigenvalue weighted by Crippen LogP contribution is -1.99. The van der Waals surface area contributed by atoms with Gasteiger partial charge in [-0.2, -0.15) is 4.98 Å². The Hall–Kier alpha value is -1.88. The zero-order chi connectivity index (χ0) is 15.2. The molecule has 0 aliphatic carbocycles. The molecule has 2 rings (SSSR count). The highest BCUT2D eigenvalue weighted by molar-refractivity contribution is 5.28. The van der Waals surface area contributed by atoms with Gasteiger partial charge in [0.15, 0.2) is 12.4 Å². The molecule has 21 heavy (non-hydrogen) atoms. The third-order valence-electron chi connectivity index (χ3n) is 3.11. The van der Waals surface area contributed by atoms with Crippen LogP contribution in [-0.2, 0) is 13.0 Å². The Morgan fingerprint density at radius 2 is 1.95 bits per heavy atom. The second-order valence-electron chi connectivity index (χ2n) is 5.48. The zero-order valence-corrected chi connectivity index (χ0v) is 12.7. The first-order chi connectivity index (χ1) is 10.1. The average molecular weight is 290 g/mol. The number of hydrogen-bond acceptors (Lipinski definition) is 5. The van der Waals surface area contributed by atoms with Crippen molar-refractivity contribution in [1.29, 1.82) is 0 Å². The second-order valence-corrected chi connectivity index (χ2v) is 5.48. The minimum Gasteiger partial charge on any atom is -0.484 e. The number of nitrogens with zero attached hydrogens (tertiary/aromatic N) is 2. The van der Waals surface area contributed by atoms with E-state index >= 15 is 0 Å². The van der Waals surface area contributed by atoms with Crippen LogP contribution in [0.5, 0.6) is 5.75 Å². The molecule has 2 aromatic rings. The molecule has 1 N–H and O–H groups in total. The normalized spacial score (nSPS) is 12.6. The molecule has 1 unspecified atom stereocenters. The van der Waals surface area contributed by atoms with Gasteiger partial charge >= 0.3 is 0 Å². The quantitative estimate of drug-likeness (QED) is 0.847. The Balaban J connectivity index is 1.89. The van der Waals surface area contributed by atoms with Crippen molar-refractivity contribution in [3.8, 4) is 5.75 Å². The molecule has 0 saturated carbocycles. The monoisotopic (exact) mass is 290 g/mol. The van der Waals surface area contributed by atoms with Gasteiger partial charge in [0.05, 0.1) is 6.10 Å².